The highest BCUT2D eigenvalue weighted by atomic mass is 35.5. The molecule has 0 aliphatic heterocycles. The van der Waals surface area contributed by atoms with Crippen LogP contribution >= 0.6 is 11.6 Å². The van der Waals surface area contributed by atoms with Gasteiger partial charge in [-0.2, -0.15) is 0 Å². The van der Waals surface area contributed by atoms with E-state index in [0.717, 1.165) is 11.3 Å². The predicted octanol–water partition coefficient (Wildman–Crippen LogP) is 2.00. The van der Waals surface area contributed by atoms with Crippen LogP contribution in [0.25, 0.3) is 0 Å². The predicted molar refractivity (Wildman–Crippen MR) is 61.5 cm³/mol. The fourth-order valence-electron chi connectivity index (χ4n) is 1.22. The van der Waals surface area contributed by atoms with Gasteiger partial charge in [-0.05, 0) is 24.6 Å². The summed E-state index contributed by atoms with van der Waals surface area (Å²) >= 11 is 5.88. The molecule has 0 saturated heterocycles. The van der Waals surface area contributed by atoms with Crippen LogP contribution in [-0.2, 0) is 4.74 Å². The number of methoxy groups -OCH3 is 1. The van der Waals surface area contributed by atoms with Crippen molar-refractivity contribution in [3.8, 4) is 5.75 Å². The van der Waals surface area contributed by atoms with Gasteiger partial charge in [0.2, 0.25) is 0 Å². The molecule has 3 nitrogen and oxygen atoms in total. The van der Waals surface area contributed by atoms with Gasteiger partial charge in [0.05, 0.1) is 6.61 Å². The quantitative estimate of drug-likeness (QED) is 0.840. The van der Waals surface area contributed by atoms with Crippen LogP contribution in [0.15, 0.2) is 18.2 Å². The first-order chi connectivity index (χ1) is 7.17. The summed E-state index contributed by atoms with van der Waals surface area (Å²) in [4.78, 5) is 0. The van der Waals surface area contributed by atoms with Gasteiger partial charge in [0.25, 0.3) is 0 Å². The Morgan fingerprint density at radius 2 is 2.20 bits per heavy atom. The number of nitrogens with two attached hydrogens (primary N) is 1. The largest absolute Gasteiger partial charge is 0.486 e. The van der Waals surface area contributed by atoms with Crippen molar-refractivity contribution in [3.05, 3.63) is 28.8 Å². The number of aryl methyl sites for hydroxylation is 1. The summed E-state index contributed by atoms with van der Waals surface area (Å²) in [5.41, 5.74) is 6.59. The van der Waals surface area contributed by atoms with Crippen molar-refractivity contribution in [2.24, 2.45) is 5.73 Å². The molecule has 0 aliphatic carbocycles. The van der Waals surface area contributed by atoms with E-state index in [2.05, 4.69) is 0 Å². The fraction of sp³-hybridized carbons (Fsp3) is 0.455. The molecule has 4 heteroatoms. The zero-order chi connectivity index (χ0) is 11.3. The van der Waals surface area contributed by atoms with Crippen LogP contribution in [0.2, 0.25) is 5.02 Å². The Hall–Kier alpha value is -0.770. The zero-order valence-corrected chi connectivity index (χ0v) is 9.75. The van der Waals surface area contributed by atoms with E-state index in [0.29, 0.717) is 18.2 Å². The van der Waals surface area contributed by atoms with Crippen molar-refractivity contribution >= 4 is 11.6 Å². The molecule has 1 aromatic rings. The van der Waals surface area contributed by atoms with Crippen LogP contribution in [0.1, 0.15) is 5.56 Å². The number of rotatable bonds is 5. The van der Waals surface area contributed by atoms with Crippen LogP contribution in [0.5, 0.6) is 5.75 Å². The maximum Gasteiger partial charge on any atom is 0.134 e. The fourth-order valence-corrected chi connectivity index (χ4v) is 1.38. The summed E-state index contributed by atoms with van der Waals surface area (Å²) in [6, 6.07) is 5.53. The molecule has 0 radical (unpaired) electrons. The molecule has 0 saturated carbocycles. The van der Waals surface area contributed by atoms with Gasteiger partial charge in [-0.3, -0.25) is 0 Å². The average molecular weight is 230 g/mol. The number of halogens is 1. The lowest BCUT2D eigenvalue weighted by Crippen LogP contribution is -2.31. The van der Waals surface area contributed by atoms with Gasteiger partial charge >= 0.3 is 0 Å². The Balaban J connectivity index is 2.73. The monoisotopic (exact) mass is 229 g/mol. The lowest BCUT2D eigenvalue weighted by Gasteiger charge is -2.18. The number of hydrogen-bond acceptors (Lipinski definition) is 3. The first kappa shape index (κ1) is 12.3. The van der Waals surface area contributed by atoms with Crippen LogP contribution in [0, 0.1) is 6.92 Å². The molecule has 0 spiro atoms. The minimum atomic E-state index is -0.132. The molecule has 84 valence electrons. The van der Waals surface area contributed by atoms with Gasteiger partial charge in [0.1, 0.15) is 11.9 Å². The third kappa shape index (κ3) is 3.70. The van der Waals surface area contributed by atoms with Crippen molar-refractivity contribution in [2.45, 2.75) is 13.0 Å². The van der Waals surface area contributed by atoms with Crippen LogP contribution in [0.4, 0.5) is 0 Å². The summed E-state index contributed by atoms with van der Waals surface area (Å²) in [6.45, 7) is 2.86. The molecular formula is C11H16ClNO2. The van der Waals surface area contributed by atoms with E-state index in [-0.39, 0.29) is 6.10 Å². The molecule has 0 heterocycles. The van der Waals surface area contributed by atoms with E-state index >= 15 is 0 Å². The summed E-state index contributed by atoms with van der Waals surface area (Å²) in [7, 11) is 1.62. The van der Waals surface area contributed by atoms with E-state index in [1.807, 2.05) is 19.1 Å². The second-order valence-corrected chi connectivity index (χ2v) is 3.78. The first-order valence-corrected chi connectivity index (χ1v) is 5.17. The average Bonchev–Trinajstić information content (AvgIpc) is 2.22. The Morgan fingerprint density at radius 3 is 2.80 bits per heavy atom. The third-order valence-electron chi connectivity index (χ3n) is 2.06. The molecule has 1 aromatic carbocycles. The Morgan fingerprint density at radius 1 is 1.47 bits per heavy atom. The molecule has 0 aliphatic rings. The molecule has 15 heavy (non-hydrogen) atoms. The maximum atomic E-state index is 5.88. The standard InChI is InChI=1S/C11H16ClNO2/c1-8-3-4-9(12)5-11(8)15-10(6-13)7-14-2/h3-5,10H,6-7,13H2,1-2H3. The molecule has 2 N–H and O–H groups in total. The summed E-state index contributed by atoms with van der Waals surface area (Å²) < 4.78 is 10.7. The maximum absolute atomic E-state index is 5.88. The van der Waals surface area contributed by atoms with E-state index in [1.54, 1.807) is 13.2 Å². The van der Waals surface area contributed by atoms with Gasteiger partial charge < -0.3 is 15.2 Å². The second-order valence-electron chi connectivity index (χ2n) is 3.34. The highest BCUT2D eigenvalue weighted by Crippen LogP contribution is 2.23. The van der Waals surface area contributed by atoms with E-state index in [1.165, 1.54) is 0 Å². The van der Waals surface area contributed by atoms with Gasteiger partial charge in [0.15, 0.2) is 0 Å². The summed E-state index contributed by atoms with van der Waals surface area (Å²) in [5, 5.41) is 0.656. The number of ether oxygens (including phenoxy) is 2. The highest BCUT2D eigenvalue weighted by Gasteiger charge is 2.09. The Labute approximate surface area is 95.1 Å². The van der Waals surface area contributed by atoms with Crippen molar-refractivity contribution < 1.29 is 9.47 Å². The summed E-state index contributed by atoms with van der Waals surface area (Å²) in [6.07, 6.45) is -0.132. The highest BCUT2D eigenvalue weighted by molar-refractivity contribution is 6.30. The molecule has 0 fully saturated rings. The van der Waals surface area contributed by atoms with Crippen LogP contribution in [-0.4, -0.2) is 26.4 Å². The van der Waals surface area contributed by atoms with E-state index < -0.39 is 0 Å². The minimum Gasteiger partial charge on any atom is -0.486 e. The van der Waals surface area contributed by atoms with Gasteiger partial charge in [-0.25, -0.2) is 0 Å². The lowest BCUT2D eigenvalue weighted by molar-refractivity contribution is 0.0856. The van der Waals surface area contributed by atoms with Crippen molar-refractivity contribution in [1.29, 1.82) is 0 Å². The van der Waals surface area contributed by atoms with Crippen molar-refractivity contribution in [2.75, 3.05) is 20.3 Å². The Bertz CT molecular complexity index is 317. The minimum absolute atomic E-state index is 0.132. The molecule has 0 amide bonds. The van der Waals surface area contributed by atoms with E-state index in [9.17, 15) is 0 Å². The lowest BCUT2D eigenvalue weighted by atomic mass is 10.2. The molecular weight excluding hydrogens is 214 g/mol. The van der Waals surface area contributed by atoms with Gasteiger partial charge in [-0.15, -0.1) is 0 Å². The SMILES string of the molecule is COCC(CN)Oc1cc(Cl)ccc1C. The first-order valence-electron chi connectivity index (χ1n) is 4.79. The third-order valence-corrected chi connectivity index (χ3v) is 2.29. The second kappa shape index (κ2) is 5.95. The molecule has 1 rings (SSSR count). The normalized spacial score (nSPS) is 12.5. The van der Waals surface area contributed by atoms with Crippen molar-refractivity contribution in [3.63, 3.8) is 0 Å². The Kier molecular flexibility index (Phi) is 4.88. The molecule has 1 unspecified atom stereocenters. The molecule has 1 atom stereocenters. The van der Waals surface area contributed by atoms with Crippen LogP contribution in [0.3, 0.4) is 0 Å². The van der Waals surface area contributed by atoms with Gasteiger partial charge in [0, 0.05) is 18.7 Å². The van der Waals surface area contributed by atoms with Gasteiger partial charge in [-0.1, -0.05) is 17.7 Å². The molecule has 0 bridgehead atoms. The molecule has 0 aromatic heterocycles. The smallest absolute Gasteiger partial charge is 0.134 e. The zero-order valence-electron chi connectivity index (χ0n) is 9.00. The topological polar surface area (TPSA) is 44.5 Å². The van der Waals surface area contributed by atoms with Crippen LogP contribution < -0.4 is 10.5 Å². The van der Waals surface area contributed by atoms with E-state index in [4.69, 9.17) is 26.8 Å². The number of hydrogen-bond donors (Lipinski definition) is 1. The summed E-state index contributed by atoms with van der Waals surface area (Å²) in [5.74, 6) is 0.759. The van der Waals surface area contributed by atoms with Crippen molar-refractivity contribution in [1.82, 2.24) is 0 Å². The number of benzene rings is 1.